The topological polar surface area (TPSA) is 37.3 Å². The van der Waals surface area contributed by atoms with Gasteiger partial charge in [-0.1, -0.05) is 96.8 Å². The summed E-state index contributed by atoms with van der Waals surface area (Å²) in [5.74, 6) is -0.653. The molecule has 21 heavy (non-hydrogen) atoms. The Morgan fingerprint density at radius 2 is 0.905 bits per heavy atom. The van der Waals surface area contributed by atoms with E-state index in [0.29, 0.717) is 6.42 Å². The Hall–Kier alpha value is 0.236. The Morgan fingerprint density at radius 1 is 0.619 bits per heavy atom. The smallest absolute Gasteiger partial charge is 0.481 e. The van der Waals surface area contributed by atoms with Crippen molar-refractivity contribution in [3.63, 3.8) is 0 Å². The molecule has 0 aromatic heterocycles. The van der Waals surface area contributed by atoms with Crippen LogP contribution in [0.15, 0.2) is 0 Å². The fourth-order valence-electron chi connectivity index (χ4n) is 2.65. The minimum absolute atomic E-state index is 0. The number of unbranched alkanes of at least 4 members (excludes halogenated alkanes) is 14. The molecule has 0 aliphatic carbocycles. The van der Waals surface area contributed by atoms with Crippen LogP contribution in [0.3, 0.4) is 0 Å². The van der Waals surface area contributed by atoms with Crippen molar-refractivity contribution in [3.05, 3.63) is 0 Å². The second kappa shape index (κ2) is 20.2. The first-order valence-electron chi connectivity index (χ1n) is 8.99. The van der Waals surface area contributed by atoms with Crippen LogP contribution in [0.2, 0.25) is 0 Å². The standard InChI is InChI=1S/C18H36O2.Mg/c1-2-3-4-5-6-7-8-9-10-11-12-13-14-15-16-17-18(19)20;/h2-17H2,1H3,(H,19,20);/q;+2. The van der Waals surface area contributed by atoms with Crippen LogP contribution in [0.5, 0.6) is 0 Å². The summed E-state index contributed by atoms with van der Waals surface area (Å²) in [6.45, 7) is 2.27. The van der Waals surface area contributed by atoms with Gasteiger partial charge in [0, 0.05) is 6.42 Å². The summed E-state index contributed by atoms with van der Waals surface area (Å²) in [5, 5.41) is 8.52. The Kier molecular flexibility index (Phi) is 22.6. The quantitative estimate of drug-likeness (QED) is 0.282. The molecule has 1 N–H and O–H groups in total. The molecule has 0 heterocycles. The van der Waals surface area contributed by atoms with E-state index in [0.717, 1.165) is 12.8 Å². The molecule has 0 rings (SSSR count). The molecular weight excluding hydrogens is 273 g/mol. The van der Waals surface area contributed by atoms with Crippen LogP contribution in [0.25, 0.3) is 0 Å². The zero-order chi connectivity index (χ0) is 14.9. The van der Waals surface area contributed by atoms with Crippen LogP contribution >= 0.6 is 0 Å². The minimum Gasteiger partial charge on any atom is -0.481 e. The van der Waals surface area contributed by atoms with Crippen LogP contribution in [0.1, 0.15) is 110 Å². The van der Waals surface area contributed by atoms with Gasteiger partial charge in [0.15, 0.2) is 0 Å². The van der Waals surface area contributed by atoms with Gasteiger partial charge in [-0.05, 0) is 6.42 Å². The van der Waals surface area contributed by atoms with Crippen molar-refractivity contribution in [2.45, 2.75) is 110 Å². The van der Waals surface area contributed by atoms with Crippen molar-refractivity contribution in [2.24, 2.45) is 0 Å². The van der Waals surface area contributed by atoms with E-state index in [-0.39, 0.29) is 23.1 Å². The van der Waals surface area contributed by atoms with Gasteiger partial charge in [-0.3, -0.25) is 4.79 Å². The molecule has 0 saturated heterocycles. The maximum atomic E-state index is 10.3. The summed E-state index contributed by atoms with van der Waals surface area (Å²) >= 11 is 0. The average Bonchev–Trinajstić information content (AvgIpc) is 2.43. The van der Waals surface area contributed by atoms with Crippen molar-refractivity contribution in [1.29, 1.82) is 0 Å². The van der Waals surface area contributed by atoms with Gasteiger partial charge in [0.1, 0.15) is 0 Å². The number of carboxylic acid groups (broad SMARTS) is 1. The van der Waals surface area contributed by atoms with E-state index >= 15 is 0 Å². The predicted octanol–water partition coefficient (Wildman–Crippen LogP) is 5.95. The molecule has 0 bridgehead atoms. The molecular formula is C18H36MgO2+2. The SMILES string of the molecule is CCCCCCCCCCCCCCCCCC(=O)O.[Mg+2]. The van der Waals surface area contributed by atoms with Crippen LogP contribution in [0, 0.1) is 0 Å². The van der Waals surface area contributed by atoms with Gasteiger partial charge in [0.05, 0.1) is 0 Å². The van der Waals surface area contributed by atoms with Crippen molar-refractivity contribution in [2.75, 3.05) is 0 Å². The Bertz CT molecular complexity index is 207. The second-order valence-electron chi connectivity index (χ2n) is 6.09. The molecule has 0 fully saturated rings. The molecule has 0 saturated carbocycles. The molecule has 120 valence electrons. The molecule has 0 aliphatic heterocycles. The number of hydrogen-bond donors (Lipinski definition) is 1. The molecule has 3 heteroatoms. The van der Waals surface area contributed by atoms with Gasteiger partial charge in [-0.25, -0.2) is 0 Å². The largest absolute Gasteiger partial charge is 2.00 e. The number of rotatable bonds is 16. The van der Waals surface area contributed by atoms with Crippen molar-refractivity contribution in [1.82, 2.24) is 0 Å². The Morgan fingerprint density at radius 3 is 1.19 bits per heavy atom. The number of carbonyl (C=O) groups is 1. The van der Waals surface area contributed by atoms with E-state index in [1.54, 1.807) is 0 Å². The third-order valence-corrected chi connectivity index (χ3v) is 3.99. The number of carboxylic acids is 1. The third kappa shape index (κ3) is 22.7. The fourth-order valence-corrected chi connectivity index (χ4v) is 2.65. The van der Waals surface area contributed by atoms with Gasteiger partial charge in [0.25, 0.3) is 0 Å². The van der Waals surface area contributed by atoms with E-state index in [9.17, 15) is 4.79 Å². The van der Waals surface area contributed by atoms with Gasteiger partial charge >= 0.3 is 29.0 Å². The summed E-state index contributed by atoms with van der Waals surface area (Å²) in [5.41, 5.74) is 0. The van der Waals surface area contributed by atoms with E-state index in [1.807, 2.05) is 0 Å². The molecule has 2 nitrogen and oxygen atoms in total. The predicted molar refractivity (Wildman–Crippen MR) is 92.9 cm³/mol. The maximum absolute atomic E-state index is 10.3. The molecule has 0 radical (unpaired) electrons. The van der Waals surface area contributed by atoms with Crippen molar-refractivity contribution >= 4 is 29.0 Å². The summed E-state index contributed by atoms with van der Waals surface area (Å²) in [7, 11) is 0. The first-order chi connectivity index (χ1) is 9.77. The van der Waals surface area contributed by atoms with E-state index in [2.05, 4.69) is 6.92 Å². The maximum Gasteiger partial charge on any atom is 2.00 e. The van der Waals surface area contributed by atoms with Crippen molar-refractivity contribution in [3.8, 4) is 0 Å². The van der Waals surface area contributed by atoms with Gasteiger partial charge in [-0.15, -0.1) is 0 Å². The first-order valence-corrected chi connectivity index (χ1v) is 8.99. The van der Waals surface area contributed by atoms with Crippen LogP contribution < -0.4 is 0 Å². The summed E-state index contributed by atoms with van der Waals surface area (Å²) in [6.07, 6.45) is 20.2. The molecule has 0 aromatic carbocycles. The molecule has 0 aliphatic rings. The van der Waals surface area contributed by atoms with Crippen LogP contribution in [-0.4, -0.2) is 34.1 Å². The Balaban J connectivity index is 0. The molecule has 0 aromatic rings. The van der Waals surface area contributed by atoms with E-state index < -0.39 is 5.97 Å². The van der Waals surface area contributed by atoms with Gasteiger partial charge in [0.2, 0.25) is 0 Å². The molecule has 0 unspecified atom stereocenters. The van der Waals surface area contributed by atoms with Crippen LogP contribution in [0.4, 0.5) is 0 Å². The molecule has 0 spiro atoms. The second-order valence-corrected chi connectivity index (χ2v) is 6.09. The fraction of sp³-hybridized carbons (Fsp3) is 0.944. The van der Waals surface area contributed by atoms with Crippen LogP contribution in [-0.2, 0) is 4.79 Å². The summed E-state index contributed by atoms with van der Waals surface area (Å²) < 4.78 is 0. The van der Waals surface area contributed by atoms with E-state index in [1.165, 1.54) is 83.5 Å². The summed E-state index contributed by atoms with van der Waals surface area (Å²) in [6, 6.07) is 0. The molecule has 0 atom stereocenters. The van der Waals surface area contributed by atoms with Gasteiger partial charge < -0.3 is 5.11 Å². The number of aliphatic carboxylic acids is 1. The summed E-state index contributed by atoms with van der Waals surface area (Å²) in [4.78, 5) is 10.3. The third-order valence-electron chi connectivity index (χ3n) is 3.99. The zero-order valence-corrected chi connectivity index (χ0v) is 15.8. The first kappa shape index (κ1) is 23.5. The average molecular weight is 309 g/mol. The zero-order valence-electron chi connectivity index (χ0n) is 14.4. The van der Waals surface area contributed by atoms with Gasteiger partial charge in [-0.2, -0.15) is 0 Å². The normalized spacial score (nSPS) is 10.3. The molecule has 0 amide bonds. The van der Waals surface area contributed by atoms with E-state index in [4.69, 9.17) is 5.11 Å². The number of hydrogen-bond acceptors (Lipinski definition) is 1. The van der Waals surface area contributed by atoms with Crippen molar-refractivity contribution < 1.29 is 9.90 Å². The Labute approximate surface area is 148 Å². The monoisotopic (exact) mass is 308 g/mol. The minimum atomic E-state index is -0.653.